The smallest absolute Gasteiger partial charge is 0.338 e. The average molecular weight is 349 g/mol. The van der Waals surface area contributed by atoms with Gasteiger partial charge in [0.05, 0.1) is 18.7 Å². The maximum absolute atomic E-state index is 13.1. The van der Waals surface area contributed by atoms with Gasteiger partial charge in [0, 0.05) is 6.07 Å². The molecule has 0 fully saturated rings. The number of hydrogen-bond acceptors (Lipinski definition) is 4. The lowest BCUT2D eigenvalue weighted by molar-refractivity contribution is -0.124. The molecule has 1 amide bonds. The van der Waals surface area contributed by atoms with E-state index in [-0.39, 0.29) is 11.6 Å². The first-order chi connectivity index (χ1) is 11.9. The van der Waals surface area contributed by atoms with Crippen LogP contribution in [0, 0.1) is 11.6 Å². The van der Waals surface area contributed by atoms with Gasteiger partial charge in [-0.3, -0.25) is 4.79 Å². The summed E-state index contributed by atoms with van der Waals surface area (Å²) in [4.78, 5) is 23.6. The molecule has 2 aromatic carbocycles. The highest BCUT2D eigenvalue weighted by atomic mass is 19.1. The maximum Gasteiger partial charge on any atom is 0.338 e. The molecule has 0 saturated heterocycles. The standard InChI is InChI=1S/C18H17F2NO4/c1-11(12-3-5-16(24-2)6-4-12)21-17(22)10-25-18(23)13-7-14(19)9-15(20)8-13/h3-9,11H,10H2,1-2H3,(H,21,22)/t11-/m0/s1. The predicted octanol–water partition coefficient (Wildman–Crippen LogP) is 3.01. The number of ether oxygens (including phenoxy) is 2. The van der Waals surface area contributed by atoms with Gasteiger partial charge >= 0.3 is 5.97 Å². The van der Waals surface area contributed by atoms with E-state index >= 15 is 0 Å². The molecule has 0 aliphatic carbocycles. The number of carbonyl (C=O) groups is 2. The highest BCUT2D eigenvalue weighted by Gasteiger charge is 2.14. The van der Waals surface area contributed by atoms with E-state index < -0.39 is 30.1 Å². The second-order valence-electron chi connectivity index (χ2n) is 5.30. The summed E-state index contributed by atoms with van der Waals surface area (Å²) in [6, 6.07) is 9.11. The summed E-state index contributed by atoms with van der Waals surface area (Å²) >= 11 is 0. The van der Waals surface area contributed by atoms with Crippen molar-refractivity contribution in [3.63, 3.8) is 0 Å². The van der Waals surface area contributed by atoms with Crippen molar-refractivity contribution in [1.82, 2.24) is 5.32 Å². The molecular weight excluding hydrogens is 332 g/mol. The molecule has 0 spiro atoms. The zero-order valence-corrected chi connectivity index (χ0v) is 13.7. The Bertz CT molecular complexity index is 742. The van der Waals surface area contributed by atoms with Gasteiger partial charge < -0.3 is 14.8 Å². The van der Waals surface area contributed by atoms with Crippen molar-refractivity contribution in [1.29, 1.82) is 0 Å². The fraction of sp³-hybridized carbons (Fsp3) is 0.222. The van der Waals surface area contributed by atoms with Crippen molar-refractivity contribution < 1.29 is 27.8 Å². The van der Waals surface area contributed by atoms with Crippen LogP contribution >= 0.6 is 0 Å². The van der Waals surface area contributed by atoms with Gasteiger partial charge in [-0.1, -0.05) is 12.1 Å². The topological polar surface area (TPSA) is 64.6 Å². The van der Waals surface area contributed by atoms with Crippen LogP contribution in [0.5, 0.6) is 5.75 Å². The second-order valence-corrected chi connectivity index (χ2v) is 5.30. The van der Waals surface area contributed by atoms with Crippen LogP contribution in [0.3, 0.4) is 0 Å². The normalized spacial score (nSPS) is 11.5. The first kappa shape index (κ1) is 18.4. The lowest BCUT2D eigenvalue weighted by Crippen LogP contribution is -2.31. The van der Waals surface area contributed by atoms with Gasteiger partial charge in [0.15, 0.2) is 6.61 Å². The number of esters is 1. The summed E-state index contributed by atoms with van der Waals surface area (Å²) in [6.07, 6.45) is 0. The van der Waals surface area contributed by atoms with Crippen LogP contribution in [-0.2, 0) is 9.53 Å². The zero-order chi connectivity index (χ0) is 18.4. The minimum Gasteiger partial charge on any atom is -0.497 e. The van der Waals surface area contributed by atoms with Gasteiger partial charge in [-0.15, -0.1) is 0 Å². The number of benzene rings is 2. The third kappa shape index (κ3) is 5.27. The Hall–Kier alpha value is -2.96. The number of rotatable bonds is 6. The predicted molar refractivity (Wildman–Crippen MR) is 86.2 cm³/mol. The average Bonchev–Trinajstić information content (AvgIpc) is 2.58. The van der Waals surface area contributed by atoms with Crippen molar-refractivity contribution in [3.8, 4) is 5.75 Å². The summed E-state index contributed by atoms with van der Waals surface area (Å²) in [5.41, 5.74) is 0.543. The fourth-order valence-electron chi connectivity index (χ4n) is 2.15. The molecule has 0 heterocycles. The number of amides is 1. The summed E-state index contributed by atoms with van der Waals surface area (Å²) < 4.78 is 36.0. The molecule has 1 atom stereocenters. The Morgan fingerprint density at radius 2 is 1.68 bits per heavy atom. The van der Waals surface area contributed by atoms with Crippen LogP contribution in [0.25, 0.3) is 0 Å². The Labute approximate surface area is 143 Å². The third-order valence-corrected chi connectivity index (χ3v) is 3.43. The monoisotopic (exact) mass is 349 g/mol. The molecule has 0 unspecified atom stereocenters. The van der Waals surface area contributed by atoms with Crippen LogP contribution in [0.4, 0.5) is 8.78 Å². The van der Waals surface area contributed by atoms with Gasteiger partial charge in [0.2, 0.25) is 0 Å². The van der Waals surface area contributed by atoms with Crippen LogP contribution in [-0.4, -0.2) is 25.6 Å². The Balaban J connectivity index is 1.87. The highest BCUT2D eigenvalue weighted by molar-refractivity contribution is 5.91. The molecule has 5 nitrogen and oxygen atoms in total. The summed E-state index contributed by atoms with van der Waals surface area (Å²) in [7, 11) is 1.55. The SMILES string of the molecule is COc1ccc([C@H](C)NC(=O)COC(=O)c2cc(F)cc(F)c2)cc1. The van der Waals surface area contributed by atoms with Crippen LogP contribution in [0.2, 0.25) is 0 Å². The molecule has 7 heteroatoms. The Morgan fingerprint density at radius 1 is 1.08 bits per heavy atom. The molecule has 132 valence electrons. The first-order valence-electron chi connectivity index (χ1n) is 7.45. The summed E-state index contributed by atoms with van der Waals surface area (Å²) in [5, 5.41) is 2.66. The van der Waals surface area contributed by atoms with E-state index in [4.69, 9.17) is 9.47 Å². The van der Waals surface area contributed by atoms with Crippen LogP contribution in [0.15, 0.2) is 42.5 Å². The van der Waals surface area contributed by atoms with Crippen molar-refractivity contribution in [3.05, 3.63) is 65.2 Å². The Morgan fingerprint density at radius 3 is 2.24 bits per heavy atom. The van der Waals surface area contributed by atoms with E-state index in [9.17, 15) is 18.4 Å². The van der Waals surface area contributed by atoms with E-state index in [2.05, 4.69) is 5.32 Å². The number of nitrogens with one attached hydrogen (secondary N) is 1. The highest BCUT2D eigenvalue weighted by Crippen LogP contribution is 2.17. The second kappa shape index (κ2) is 8.23. The van der Waals surface area contributed by atoms with Crippen molar-refractivity contribution in [2.24, 2.45) is 0 Å². The number of hydrogen-bond donors (Lipinski definition) is 1. The maximum atomic E-state index is 13.1. The Kier molecular flexibility index (Phi) is 6.05. The molecule has 1 N–H and O–H groups in total. The molecule has 0 aromatic heterocycles. The lowest BCUT2D eigenvalue weighted by Gasteiger charge is -2.15. The van der Waals surface area contributed by atoms with Gasteiger partial charge in [0.1, 0.15) is 17.4 Å². The molecule has 25 heavy (non-hydrogen) atoms. The molecule has 0 bridgehead atoms. The van der Waals surface area contributed by atoms with E-state index in [1.165, 1.54) is 0 Å². The molecule has 0 saturated carbocycles. The van der Waals surface area contributed by atoms with Gasteiger partial charge in [0.25, 0.3) is 5.91 Å². The molecule has 0 radical (unpaired) electrons. The summed E-state index contributed by atoms with van der Waals surface area (Å²) in [6.45, 7) is 1.21. The van der Waals surface area contributed by atoms with Crippen molar-refractivity contribution in [2.45, 2.75) is 13.0 Å². The zero-order valence-electron chi connectivity index (χ0n) is 13.7. The van der Waals surface area contributed by atoms with Gasteiger partial charge in [-0.2, -0.15) is 0 Å². The molecular formula is C18H17F2NO4. The summed E-state index contributed by atoms with van der Waals surface area (Å²) in [5.74, 6) is -2.62. The first-order valence-corrected chi connectivity index (χ1v) is 7.45. The molecule has 0 aliphatic rings. The lowest BCUT2D eigenvalue weighted by atomic mass is 10.1. The van der Waals surface area contributed by atoms with Crippen molar-refractivity contribution in [2.75, 3.05) is 13.7 Å². The van der Waals surface area contributed by atoms with E-state index in [1.54, 1.807) is 38.3 Å². The largest absolute Gasteiger partial charge is 0.497 e. The number of carbonyl (C=O) groups excluding carboxylic acids is 2. The fourth-order valence-corrected chi connectivity index (χ4v) is 2.15. The van der Waals surface area contributed by atoms with E-state index in [0.717, 1.165) is 17.7 Å². The quantitative estimate of drug-likeness (QED) is 0.815. The minimum absolute atomic E-state index is 0.298. The minimum atomic E-state index is -0.981. The molecule has 2 aromatic rings. The van der Waals surface area contributed by atoms with Gasteiger partial charge in [-0.25, -0.2) is 13.6 Å². The third-order valence-electron chi connectivity index (χ3n) is 3.43. The molecule has 2 rings (SSSR count). The number of methoxy groups -OCH3 is 1. The van der Waals surface area contributed by atoms with Crippen molar-refractivity contribution >= 4 is 11.9 Å². The van der Waals surface area contributed by atoms with Crippen LogP contribution < -0.4 is 10.1 Å². The molecule has 0 aliphatic heterocycles. The van der Waals surface area contributed by atoms with Gasteiger partial charge in [-0.05, 0) is 36.8 Å². The number of halogens is 2. The van der Waals surface area contributed by atoms with E-state index in [0.29, 0.717) is 11.8 Å². The van der Waals surface area contributed by atoms with E-state index in [1.807, 2.05) is 0 Å². The van der Waals surface area contributed by atoms with Crippen LogP contribution in [0.1, 0.15) is 28.9 Å².